The summed E-state index contributed by atoms with van der Waals surface area (Å²) in [6.45, 7) is 5.96. The monoisotopic (exact) mass is 421 g/mol. The molecule has 4 rings (SSSR count). The van der Waals surface area contributed by atoms with E-state index in [4.69, 9.17) is 28.2 Å². The van der Waals surface area contributed by atoms with Crippen LogP contribution in [0.15, 0.2) is 23.0 Å². The molecule has 2 aromatic heterocycles. The minimum atomic E-state index is 0.0532. The van der Waals surface area contributed by atoms with Crippen LogP contribution in [0.5, 0.6) is 0 Å². The summed E-state index contributed by atoms with van der Waals surface area (Å²) in [4.78, 5) is 22.5. The first-order valence-corrected chi connectivity index (χ1v) is 10.6. The molecule has 0 atom stereocenters. The molecule has 1 aromatic carbocycles. The number of thiophene rings is 1. The van der Waals surface area contributed by atoms with Crippen LogP contribution in [0.1, 0.15) is 29.6 Å². The van der Waals surface area contributed by atoms with Crippen molar-refractivity contribution >= 4 is 44.8 Å². The highest BCUT2D eigenvalue weighted by Gasteiger charge is 2.25. The van der Waals surface area contributed by atoms with E-state index in [1.807, 2.05) is 30.5 Å². The maximum absolute atomic E-state index is 13.5. The van der Waals surface area contributed by atoms with E-state index in [0.717, 1.165) is 52.6 Å². The number of hydrogen-bond acceptors (Lipinski definition) is 4. The molecule has 1 saturated heterocycles. The Hall–Kier alpha value is -1.40. The quantitative estimate of drug-likeness (QED) is 0.562. The van der Waals surface area contributed by atoms with Gasteiger partial charge in [-0.1, -0.05) is 29.3 Å². The van der Waals surface area contributed by atoms with Gasteiger partial charge in [-0.2, -0.15) is 0 Å². The summed E-state index contributed by atoms with van der Waals surface area (Å²) in [5.41, 5.74) is 1.89. The Bertz CT molecular complexity index is 1080. The second-order valence-corrected chi connectivity index (χ2v) is 9.23. The van der Waals surface area contributed by atoms with Crippen molar-refractivity contribution < 1.29 is 0 Å². The predicted octanol–water partition coefficient (Wildman–Crippen LogP) is 5.32. The van der Waals surface area contributed by atoms with E-state index >= 15 is 0 Å². The van der Waals surface area contributed by atoms with Crippen molar-refractivity contribution in [1.82, 2.24) is 14.5 Å². The molecule has 27 heavy (non-hydrogen) atoms. The highest BCUT2D eigenvalue weighted by molar-refractivity contribution is 7.19. The number of nitrogens with zero attached hydrogens (tertiary/aromatic N) is 3. The normalized spacial score (nSPS) is 16.3. The van der Waals surface area contributed by atoms with E-state index in [-0.39, 0.29) is 11.6 Å². The van der Waals surface area contributed by atoms with Crippen LogP contribution in [-0.2, 0) is 0 Å². The van der Waals surface area contributed by atoms with Crippen molar-refractivity contribution in [2.24, 2.45) is 0 Å². The second-order valence-electron chi connectivity index (χ2n) is 7.21. The predicted molar refractivity (Wildman–Crippen MR) is 115 cm³/mol. The second kappa shape index (κ2) is 7.21. The SMILES string of the molecule is Cc1sc2nc(C)n(C3CCN(C)CC3)c(=O)c2c1-c1ccc(Cl)c(Cl)c1. The Morgan fingerprint density at radius 2 is 1.85 bits per heavy atom. The van der Waals surface area contributed by atoms with Gasteiger partial charge in [0.25, 0.3) is 5.56 Å². The highest BCUT2D eigenvalue weighted by Crippen LogP contribution is 2.38. The minimum Gasteiger partial charge on any atom is -0.306 e. The average molecular weight is 422 g/mol. The zero-order chi connectivity index (χ0) is 19.3. The number of hydrogen-bond donors (Lipinski definition) is 0. The summed E-state index contributed by atoms with van der Waals surface area (Å²) in [6.07, 6.45) is 1.94. The lowest BCUT2D eigenvalue weighted by molar-refractivity contribution is 0.216. The van der Waals surface area contributed by atoms with Crippen LogP contribution in [0.25, 0.3) is 21.3 Å². The topological polar surface area (TPSA) is 38.1 Å². The van der Waals surface area contributed by atoms with Gasteiger partial charge < -0.3 is 4.90 Å². The van der Waals surface area contributed by atoms with E-state index in [1.165, 1.54) is 0 Å². The fourth-order valence-electron chi connectivity index (χ4n) is 3.96. The summed E-state index contributed by atoms with van der Waals surface area (Å²) in [6, 6.07) is 5.73. The molecular weight excluding hydrogens is 401 g/mol. The lowest BCUT2D eigenvalue weighted by Gasteiger charge is -2.31. The van der Waals surface area contributed by atoms with Gasteiger partial charge in [0.05, 0.1) is 15.4 Å². The van der Waals surface area contributed by atoms with Crippen molar-refractivity contribution in [2.75, 3.05) is 20.1 Å². The number of aromatic nitrogens is 2. The van der Waals surface area contributed by atoms with Gasteiger partial charge in [0, 0.05) is 16.5 Å². The molecule has 0 bridgehead atoms. The zero-order valence-corrected chi connectivity index (χ0v) is 17.9. The Labute approximate surface area is 172 Å². The maximum Gasteiger partial charge on any atom is 0.263 e. The molecular formula is C20H21Cl2N3OS. The molecule has 0 N–H and O–H groups in total. The molecule has 142 valence electrons. The molecule has 0 amide bonds. The Morgan fingerprint density at radius 1 is 1.15 bits per heavy atom. The highest BCUT2D eigenvalue weighted by atomic mass is 35.5. The van der Waals surface area contributed by atoms with Crippen molar-refractivity contribution in [1.29, 1.82) is 0 Å². The van der Waals surface area contributed by atoms with E-state index in [2.05, 4.69) is 11.9 Å². The van der Waals surface area contributed by atoms with Crippen LogP contribution in [0.2, 0.25) is 10.0 Å². The first kappa shape index (κ1) is 18.9. The summed E-state index contributed by atoms with van der Waals surface area (Å²) >= 11 is 13.9. The van der Waals surface area contributed by atoms with Gasteiger partial charge >= 0.3 is 0 Å². The molecule has 1 fully saturated rings. The molecule has 3 heterocycles. The van der Waals surface area contributed by atoms with Crippen LogP contribution in [-0.4, -0.2) is 34.6 Å². The lowest BCUT2D eigenvalue weighted by atomic mass is 10.0. The Morgan fingerprint density at radius 3 is 2.52 bits per heavy atom. The van der Waals surface area contributed by atoms with Crippen molar-refractivity contribution in [3.63, 3.8) is 0 Å². The number of fused-ring (bicyclic) bond motifs is 1. The molecule has 0 unspecified atom stereocenters. The van der Waals surface area contributed by atoms with Crippen molar-refractivity contribution in [3.8, 4) is 11.1 Å². The van der Waals surface area contributed by atoms with Gasteiger partial charge in [0.2, 0.25) is 0 Å². The molecule has 3 aromatic rings. The number of benzene rings is 1. The summed E-state index contributed by atoms with van der Waals surface area (Å²) < 4.78 is 1.91. The van der Waals surface area contributed by atoms with E-state index in [0.29, 0.717) is 15.4 Å². The van der Waals surface area contributed by atoms with Gasteiger partial charge in [-0.25, -0.2) is 4.98 Å². The smallest absolute Gasteiger partial charge is 0.263 e. The van der Waals surface area contributed by atoms with Crippen LogP contribution in [0.3, 0.4) is 0 Å². The molecule has 4 nitrogen and oxygen atoms in total. The van der Waals surface area contributed by atoms with Crippen LogP contribution >= 0.6 is 34.5 Å². The molecule has 0 saturated carbocycles. The fraction of sp³-hybridized carbons (Fsp3) is 0.400. The molecule has 0 spiro atoms. The summed E-state index contributed by atoms with van der Waals surface area (Å²) in [5, 5.41) is 1.69. The van der Waals surface area contributed by atoms with Crippen LogP contribution in [0, 0.1) is 13.8 Å². The van der Waals surface area contributed by atoms with Crippen LogP contribution in [0.4, 0.5) is 0 Å². The first-order chi connectivity index (χ1) is 12.9. The number of likely N-dealkylation sites (tertiary alicyclic amines) is 1. The number of piperidine rings is 1. The standard InChI is InChI=1S/C20H21Cl2N3OS/c1-11-17(13-4-5-15(21)16(22)10-13)18-19(27-11)23-12(2)25(20(18)26)14-6-8-24(3)9-7-14/h4-5,10,14H,6-9H2,1-3H3. The van der Waals surface area contributed by atoms with Gasteiger partial charge in [-0.3, -0.25) is 9.36 Å². The van der Waals surface area contributed by atoms with E-state index in [1.54, 1.807) is 17.4 Å². The Kier molecular flexibility index (Phi) is 5.06. The minimum absolute atomic E-state index is 0.0532. The molecule has 1 aliphatic heterocycles. The molecule has 0 radical (unpaired) electrons. The van der Waals surface area contributed by atoms with Gasteiger partial charge in [-0.15, -0.1) is 11.3 Å². The van der Waals surface area contributed by atoms with E-state index < -0.39 is 0 Å². The first-order valence-electron chi connectivity index (χ1n) is 9.03. The Balaban J connectivity index is 1.93. The largest absolute Gasteiger partial charge is 0.306 e. The average Bonchev–Trinajstić information content (AvgIpc) is 2.95. The summed E-state index contributed by atoms with van der Waals surface area (Å²) in [7, 11) is 2.12. The molecule has 1 aliphatic rings. The van der Waals surface area contributed by atoms with Crippen molar-refractivity contribution in [3.05, 3.63) is 49.3 Å². The van der Waals surface area contributed by atoms with Crippen molar-refractivity contribution in [2.45, 2.75) is 32.7 Å². The zero-order valence-electron chi connectivity index (χ0n) is 15.6. The molecule has 7 heteroatoms. The van der Waals surface area contributed by atoms with Gasteiger partial charge in [0.15, 0.2) is 0 Å². The number of rotatable bonds is 2. The van der Waals surface area contributed by atoms with Crippen LogP contribution < -0.4 is 5.56 Å². The fourth-order valence-corrected chi connectivity index (χ4v) is 5.34. The third kappa shape index (κ3) is 3.31. The van der Waals surface area contributed by atoms with Gasteiger partial charge in [-0.05, 0) is 64.5 Å². The van der Waals surface area contributed by atoms with E-state index in [9.17, 15) is 4.79 Å². The van der Waals surface area contributed by atoms with Gasteiger partial charge in [0.1, 0.15) is 10.7 Å². The third-order valence-electron chi connectivity index (χ3n) is 5.37. The molecule has 0 aliphatic carbocycles. The summed E-state index contributed by atoms with van der Waals surface area (Å²) in [5.74, 6) is 0.795. The number of halogens is 2. The lowest BCUT2D eigenvalue weighted by Crippen LogP contribution is -2.36. The third-order valence-corrected chi connectivity index (χ3v) is 7.11. The maximum atomic E-state index is 13.5. The number of aryl methyl sites for hydroxylation is 2.